The first kappa shape index (κ1) is 14.8. The average molecular weight is 296 g/mol. The van der Waals surface area contributed by atoms with Crippen molar-refractivity contribution in [3.8, 4) is 0 Å². The summed E-state index contributed by atoms with van der Waals surface area (Å²) in [6.07, 6.45) is 6.02. The Morgan fingerprint density at radius 2 is 2.25 bits per heavy atom. The standard InChI is InChI=1S/C14H18ClN3O2/c1-3-5-6-11(15)12-9-8-17-18-13(9)16-7-10(12)14(19)20-4-2/h7-8,11H,3-6H2,1-2H3,(H,16,17,18). The largest absolute Gasteiger partial charge is 0.462 e. The summed E-state index contributed by atoms with van der Waals surface area (Å²) in [7, 11) is 0. The molecule has 2 aromatic rings. The van der Waals surface area contributed by atoms with Crippen LogP contribution in [0.2, 0.25) is 0 Å². The molecule has 0 saturated heterocycles. The molecule has 108 valence electrons. The first-order valence-electron chi connectivity index (χ1n) is 6.82. The van der Waals surface area contributed by atoms with Gasteiger partial charge in [0.05, 0.1) is 23.7 Å². The number of ether oxygens (including phenoxy) is 1. The zero-order valence-electron chi connectivity index (χ0n) is 11.6. The van der Waals surface area contributed by atoms with Crippen LogP contribution in [0, 0.1) is 0 Å². The Bertz CT molecular complexity index is 597. The smallest absolute Gasteiger partial charge is 0.340 e. The van der Waals surface area contributed by atoms with Gasteiger partial charge in [0.2, 0.25) is 0 Å². The third kappa shape index (κ3) is 2.93. The van der Waals surface area contributed by atoms with Gasteiger partial charge in [0.15, 0.2) is 5.65 Å². The van der Waals surface area contributed by atoms with Gasteiger partial charge in [-0.3, -0.25) is 5.10 Å². The molecule has 2 aromatic heterocycles. The summed E-state index contributed by atoms with van der Waals surface area (Å²) >= 11 is 6.49. The number of H-pyrrole nitrogens is 1. The van der Waals surface area contributed by atoms with Crippen molar-refractivity contribution < 1.29 is 9.53 Å². The van der Waals surface area contributed by atoms with Crippen molar-refractivity contribution in [2.75, 3.05) is 6.61 Å². The summed E-state index contributed by atoms with van der Waals surface area (Å²) in [6, 6.07) is 0. The lowest BCUT2D eigenvalue weighted by atomic mass is 10.00. The predicted octanol–water partition coefficient (Wildman–Crippen LogP) is 3.60. The number of pyridine rings is 1. The molecule has 0 spiro atoms. The number of hydrogen-bond donors (Lipinski definition) is 1. The van der Waals surface area contributed by atoms with E-state index in [0.29, 0.717) is 17.8 Å². The number of aromatic nitrogens is 3. The highest BCUT2D eigenvalue weighted by Crippen LogP contribution is 2.34. The number of fused-ring (bicyclic) bond motifs is 1. The molecule has 5 nitrogen and oxygen atoms in total. The van der Waals surface area contributed by atoms with E-state index >= 15 is 0 Å². The molecule has 0 aromatic carbocycles. The number of aromatic amines is 1. The number of nitrogens with one attached hydrogen (secondary N) is 1. The molecule has 2 rings (SSSR count). The molecule has 2 heterocycles. The van der Waals surface area contributed by atoms with Crippen LogP contribution < -0.4 is 0 Å². The highest BCUT2D eigenvalue weighted by molar-refractivity contribution is 6.22. The van der Waals surface area contributed by atoms with Gasteiger partial charge < -0.3 is 4.74 Å². The molecule has 1 unspecified atom stereocenters. The Morgan fingerprint density at radius 1 is 1.45 bits per heavy atom. The Kier molecular flexibility index (Phi) is 4.95. The molecule has 20 heavy (non-hydrogen) atoms. The highest BCUT2D eigenvalue weighted by atomic mass is 35.5. The van der Waals surface area contributed by atoms with Gasteiger partial charge in [-0.15, -0.1) is 11.6 Å². The number of halogens is 1. The Balaban J connectivity index is 2.47. The molecule has 0 radical (unpaired) electrons. The molecule has 0 bridgehead atoms. The first-order valence-corrected chi connectivity index (χ1v) is 7.25. The monoisotopic (exact) mass is 295 g/mol. The van der Waals surface area contributed by atoms with E-state index < -0.39 is 0 Å². The zero-order valence-corrected chi connectivity index (χ0v) is 12.4. The van der Waals surface area contributed by atoms with Gasteiger partial charge in [-0.1, -0.05) is 19.8 Å². The van der Waals surface area contributed by atoms with E-state index in [4.69, 9.17) is 16.3 Å². The second kappa shape index (κ2) is 6.70. The van der Waals surface area contributed by atoms with Gasteiger partial charge in [-0.25, -0.2) is 9.78 Å². The predicted molar refractivity (Wildman–Crippen MR) is 78.0 cm³/mol. The van der Waals surface area contributed by atoms with E-state index in [1.54, 1.807) is 13.1 Å². The summed E-state index contributed by atoms with van der Waals surface area (Å²) in [6.45, 7) is 4.20. The topological polar surface area (TPSA) is 67.9 Å². The number of nitrogens with zero attached hydrogens (tertiary/aromatic N) is 2. The number of carbonyl (C=O) groups is 1. The van der Waals surface area contributed by atoms with Gasteiger partial charge in [0, 0.05) is 11.6 Å². The zero-order chi connectivity index (χ0) is 14.5. The van der Waals surface area contributed by atoms with Gasteiger partial charge in [-0.2, -0.15) is 5.10 Å². The van der Waals surface area contributed by atoms with E-state index in [2.05, 4.69) is 22.1 Å². The fourth-order valence-corrected chi connectivity index (χ4v) is 2.54. The van der Waals surface area contributed by atoms with Gasteiger partial charge >= 0.3 is 5.97 Å². The van der Waals surface area contributed by atoms with E-state index in [9.17, 15) is 4.79 Å². The van der Waals surface area contributed by atoms with E-state index in [1.165, 1.54) is 6.20 Å². The molecule has 0 fully saturated rings. The van der Waals surface area contributed by atoms with E-state index in [-0.39, 0.29) is 11.3 Å². The normalized spacial score (nSPS) is 12.6. The Morgan fingerprint density at radius 3 is 2.95 bits per heavy atom. The van der Waals surface area contributed by atoms with Gasteiger partial charge in [-0.05, 0) is 18.9 Å². The molecule has 6 heteroatoms. The number of alkyl halides is 1. The van der Waals surface area contributed by atoms with Crippen LogP contribution in [0.5, 0.6) is 0 Å². The number of hydrogen-bond acceptors (Lipinski definition) is 4. The molecule has 0 aliphatic rings. The van der Waals surface area contributed by atoms with Crippen LogP contribution >= 0.6 is 11.6 Å². The number of carbonyl (C=O) groups excluding carboxylic acids is 1. The van der Waals surface area contributed by atoms with Crippen molar-refractivity contribution >= 4 is 28.6 Å². The minimum absolute atomic E-state index is 0.252. The molecule has 1 N–H and O–H groups in total. The average Bonchev–Trinajstić information content (AvgIpc) is 2.92. The first-order chi connectivity index (χ1) is 9.69. The second-order valence-corrected chi connectivity index (χ2v) is 5.07. The van der Waals surface area contributed by atoms with Crippen LogP contribution in [-0.2, 0) is 4.74 Å². The fraction of sp³-hybridized carbons (Fsp3) is 0.500. The fourth-order valence-electron chi connectivity index (χ4n) is 2.16. The summed E-state index contributed by atoms with van der Waals surface area (Å²) in [4.78, 5) is 16.2. The maximum atomic E-state index is 12.1. The van der Waals surface area contributed by atoms with Crippen LogP contribution in [0.15, 0.2) is 12.4 Å². The minimum Gasteiger partial charge on any atom is -0.462 e. The summed E-state index contributed by atoms with van der Waals surface area (Å²) in [5.41, 5.74) is 1.82. The molecule has 1 atom stereocenters. The number of unbranched alkanes of at least 4 members (excludes halogenated alkanes) is 1. The third-order valence-corrected chi connectivity index (χ3v) is 3.58. The minimum atomic E-state index is -0.389. The van der Waals surface area contributed by atoms with Gasteiger partial charge in [0.1, 0.15) is 0 Å². The van der Waals surface area contributed by atoms with Crippen LogP contribution in [-0.4, -0.2) is 27.8 Å². The number of rotatable bonds is 6. The lowest BCUT2D eigenvalue weighted by Crippen LogP contribution is -2.10. The van der Waals surface area contributed by atoms with Crippen molar-refractivity contribution in [2.45, 2.75) is 38.5 Å². The quantitative estimate of drug-likeness (QED) is 0.653. The van der Waals surface area contributed by atoms with E-state index in [0.717, 1.165) is 30.2 Å². The molecular weight excluding hydrogens is 278 g/mol. The molecular formula is C14H18ClN3O2. The van der Waals surface area contributed by atoms with Crippen LogP contribution in [0.25, 0.3) is 11.0 Å². The van der Waals surface area contributed by atoms with E-state index in [1.807, 2.05) is 0 Å². The summed E-state index contributed by atoms with van der Waals surface area (Å²) in [5.74, 6) is -0.389. The summed E-state index contributed by atoms with van der Waals surface area (Å²) in [5, 5.41) is 7.30. The maximum absolute atomic E-state index is 12.1. The molecule has 0 saturated carbocycles. The van der Waals surface area contributed by atoms with Gasteiger partial charge in [0.25, 0.3) is 0 Å². The van der Waals surface area contributed by atoms with Crippen molar-refractivity contribution in [1.82, 2.24) is 15.2 Å². The maximum Gasteiger partial charge on any atom is 0.340 e. The van der Waals surface area contributed by atoms with Crippen LogP contribution in [0.3, 0.4) is 0 Å². The molecule has 0 aliphatic carbocycles. The number of esters is 1. The lowest BCUT2D eigenvalue weighted by molar-refractivity contribution is 0.0524. The van der Waals surface area contributed by atoms with Crippen molar-refractivity contribution in [1.29, 1.82) is 0 Å². The molecule has 0 aliphatic heterocycles. The Labute approximate surface area is 122 Å². The lowest BCUT2D eigenvalue weighted by Gasteiger charge is -2.14. The van der Waals surface area contributed by atoms with Crippen LogP contribution in [0.1, 0.15) is 54.4 Å². The summed E-state index contributed by atoms with van der Waals surface area (Å²) < 4.78 is 5.08. The third-order valence-electron chi connectivity index (χ3n) is 3.14. The SMILES string of the molecule is CCCCC(Cl)c1c(C(=O)OCC)cnc2[nH]ncc12. The highest BCUT2D eigenvalue weighted by Gasteiger charge is 2.22. The Hall–Kier alpha value is -1.62. The van der Waals surface area contributed by atoms with Crippen molar-refractivity contribution in [3.05, 3.63) is 23.5 Å². The van der Waals surface area contributed by atoms with Crippen molar-refractivity contribution in [2.24, 2.45) is 0 Å². The second-order valence-electron chi connectivity index (χ2n) is 4.55. The van der Waals surface area contributed by atoms with Crippen molar-refractivity contribution in [3.63, 3.8) is 0 Å². The molecule has 0 amide bonds. The van der Waals surface area contributed by atoms with Crippen LogP contribution in [0.4, 0.5) is 0 Å².